The van der Waals surface area contributed by atoms with Gasteiger partial charge in [-0.3, -0.25) is 0 Å². The lowest BCUT2D eigenvalue weighted by Gasteiger charge is -2.19. The van der Waals surface area contributed by atoms with E-state index in [9.17, 15) is 8.42 Å². The first kappa shape index (κ1) is 15.1. The minimum Gasteiger partial charge on any atom is -0.389 e. The molecule has 1 aromatic carbocycles. The average Bonchev–Trinajstić information content (AvgIpc) is 2.28. The molecule has 0 saturated carbocycles. The molecule has 0 aliphatic carbocycles. The van der Waals surface area contributed by atoms with Crippen molar-refractivity contribution in [1.29, 1.82) is 0 Å². The summed E-state index contributed by atoms with van der Waals surface area (Å²) in [6.07, 6.45) is 0. The fourth-order valence-corrected chi connectivity index (χ4v) is 3.11. The van der Waals surface area contributed by atoms with Gasteiger partial charge in [0.2, 0.25) is 10.0 Å². The summed E-state index contributed by atoms with van der Waals surface area (Å²) in [7, 11) is -1.90. The van der Waals surface area contributed by atoms with Crippen LogP contribution in [0.3, 0.4) is 0 Å². The third-order valence-corrected chi connectivity index (χ3v) is 4.50. The minimum atomic E-state index is -3.47. The molecule has 0 amide bonds. The first-order valence-corrected chi connectivity index (χ1v) is 7.46. The minimum absolute atomic E-state index is 0.193. The van der Waals surface area contributed by atoms with Gasteiger partial charge in [-0.1, -0.05) is 38.2 Å². The number of hydrogen-bond acceptors (Lipinski definition) is 3. The van der Waals surface area contributed by atoms with Crippen LogP contribution < -0.4 is 5.73 Å². The molecule has 18 heavy (non-hydrogen) atoms. The Labute approximate surface area is 114 Å². The number of hydrogen-bond donors (Lipinski definition) is 1. The van der Waals surface area contributed by atoms with Gasteiger partial charge in [-0.05, 0) is 18.1 Å². The Kier molecular flexibility index (Phi) is 4.84. The van der Waals surface area contributed by atoms with Crippen molar-refractivity contribution in [2.45, 2.75) is 18.7 Å². The molecule has 0 aromatic heterocycles. The van der Waals surface area contributed by atoms with Crippen LogP contribution in [-0.2, 0) is 10.0 Å². The highest BCUT2D eigenvalue weighted by molar-refractivity contribution is 7.89. The van der Waals surface area contributed by atoms with Crippen molar-refractivity contribution in [3.05, 3.63) is 29.8 Å². The van der Waals surface area contributed by atoms with Crippen LogP contribution in [0.5, 0.6) is 0 Å². The molecular formula is C12H18N2O2S2. The molecule has 4 nitrogen and oxygen atoms in total. The number of sulfonamides is 1. The van der Waals surface area contributed by atoms with Gasteiger partial charge in [0, 0.05) is 19.2 Å². The topological polar surface area (TPSA) is 63.4 Å². The highest BCUT2D eigenvalue weighted by Gasteiger charge is 2.21. The molecule has 1 rings (SSSR count). The van der Waals surface area contributed by atoms with Crippen LogP contribution in [0, 0.1) is 5.92 Å². The molecule has 0 unspecified atom stereocenters. The zero-order chi connectivity index (χ0) is 13.9. The van der Waals surface area contributed by atoms with Crippen molar-refractivity contribution < 1.29 is 8.42 Å². The van der Waals surface area contributed by atoms with Crippen LogP contribution in [0.25, 0.3) is 0 Å². The lowest BCUT2D eigenvalue weighted by molar-refractivity contribution is 0.417. The Morgan fingerprint density at radius 2 is 2.06 bits per heavy atom. The van der Waals surface area contributed by atoms with Crippen molar-refractivity contribution in [3.63, 3.8) is 0 Å². The second-order valence-electron chi connectivity index (χ2n) is 4.57. The van der Waals surface area contributed by atoms with Gasteiger partial charge in [-0.15, -0.1) is 0 Å². The molecule has 0 bridgehead atoms. The molecule has 0 radical (unpaired) electrons. The lowest BCUT2D eigenvalue weighted by Crippen LogP contribution is -2.30. The molecule has 1 aromatic rings. The lowest BCUT2D eigenvalue weighted by atomic mass is 10.2. The molecule has 0 heterocycles. The number of nitrogens with two attached hydrogens (primary N) is 1. The highest BCUT2D eigenvalue weighted by atomic mass is 32.2. The van der Waals surface area contributed by atoms with Crippen LogP contribution >= 0.6 is 12.2 Å². The van der Waals surface area contributed by atoms with Crippen molar-refractivity contribution >= 4 is 27.2 Å². The first-order valence-electron chi connectivity index (χ1n) is 5.61. The van der Waals surface area contributed by atoms with Crippen molar-refractivity contribution in [1.82, 2.24) is 4.31 Å². The number of benzene rings is 1. The number of rotatable bonds is 5. The SMILES string of the molecule is CC(C)CN(C)S(=O)(=O)c1cccc(C(N)=S)c1. The second kappa shape index (κ2) is 5.77. The van der Waals surface area contributed by atoms with E-state index in [4.69, 9.17) is 18.0 Å². The molecule has 0 spiro atoms. The van der Waals surface area contributed by atoms with Gasteiger partial charge < -0.3 is 5.73 Å². The van der Waals surface area contributed by atoms with Crippen LogP contribution in [0.15, 0.2) is 29.2 Å². The predicted molar refractivity (Wildman–Crippen MR) is 77.0 cm³/mol. The van der Waals surface area contributed by atoms with Crippen molar-refractivity contribution in [2.24, 2.45) is 11.7 Å². The van der Waals surface area contributed by atoms with E-state index in [0.717, 1.165) is 0 Å². The molecule has 0 aliphatic rings. The first-order chi connectivity index (χ1) is 8.25. The summed E-state index contributed by atoms with van der Waals surface area (Å²) >= 11 is 4.85. The van der Waals surface area contributed by atoms with Gasteiger partial charge >= 0.3 is 0 Å². The largest absolute Gasteiger partial charge is 0.389 e. The summed E-state index contributed by atoms with van der Waals surface area (Å²) in [5, 5.41) is 0. The third-order valence-electron chi connectivity index (χ3n) is 2.45. The summed E-state index contributed by atoms with van der Waals surface area (Å²) in [6.45, 7) is 4.41. The van der Waals surface area contributed by atoms with Gasteiger partial charge in [0.15, 0.2) is 0 Å². The molecule has 100 valence electrons. The van der Waals surface area contributed by atoms with E-state index in [1.807, 2.05) is 13.8 Å². The van der Waals surface area contributed by atoms with Gasteiger partial charge in [0.1, 0.15) is 4.99 Å². The predicted octanol–water partition coefficient (Wildman–Crippen LogP) is 1.60. The molecule has 0 fully saturated rings. The summed E-state index contributed by atoms with van der Waals surface area (Å²) in [5.41, 5.74) is 6.07. The van der Waals surface area contributed by atoms with Crippen LogP contribution in [0.1, 0.15) is 19.4 Å². The Balaban J connectivity index is 3.12. The van der Waals surface area contributed by atoms with E-state index in [1.165, 1.54) is 10.4 Å². The molecule has 0 saturated heterocycles. The maximum absolute atomic E-state index is 12.3. The van der Waals surface area contributed by atoms with Crippen molar-refractivity contribution in [3.8, 4) is 0 Å². The number of thiocarbonyl (C=S) groups is 1. The summed E-state index contributed by atoms with van der Waals surface area (Å²) in [4.78, 5) is 0.412. The molecule has 0 aliphatic heterocycles. The fourth-order valence-electron chi connectivity index (χ4n) is 1.60. The highest BCUT2D eigenvalue weighted by Crippen LogP contribution is 2.17. The Morgan fingerprint density at radius 3 is 2.56 bits per heavy atom. The van der Waals surface area contributed by atoms with E-state index in [-0.39, 0.29) is 15.8 Å². The molecular weight excluding hydrogens is 268 g/mol. The summed E-state index contributed by atoms with van der Waals surface area (Å²) in [6, 6.07) is 6.40. The Hall–Kier alpha value is -0.980. The van der Waals surface area contributed by atoms with E-state index in [2.05, 4.69) is 0 Å². The van der Waals surface area contributed by atoms with Crippen LogP contribution in [-0.4, -0.2) is 31.3 Å². The zero-order valence-corrected chi connectivity index (χ0v) is 12.4. The van der Waals surface area contributed by atoms with Crippen LogP contribution in [0.4, 0.5) is 0 Å². The molecule has 0 atom stereocenters. The fraction of sp³-hybridized carbons (Fsp3) is 0.417. The van der Waals surface area contributed by atoms with Gasteiger partial charge in [0.25, 0.3) is 0 Å². The number of nitrogens with zero attached hydrogens (tertiary/aromatic N) is 1. The zero-order valence-electron chi connectivity index (χ0n) is 10.8. The molecule has 6 heteroatoms. The van der Waals surface area contributed by atoms with Crippen LogP contribution in [0.2, 0.25) is 0 Å². The smallest absolute Gasteiger partial charge is 0.242 e. The second-order valence-corrected chi connectivity index (χ2v) is 7.06. The van der Waals surface area contributed by atoms with E-state index >= 15 is 0 Å². The third kappa shape index (κ3) is 3.51. The molecule has 2 N–H and O–H groups in total. The van der Waals surface area contributed by atoms with Gasteiger partial charge in [0.05, 0.1) is 4.90 Å². The maximum atomic E-state index is 12.3. The van der Waals surface area contributed by atoms with E-state index < -0.39 is 10.0 Å². The Bertz CT molecular complexity index is 539. The Morgan fingerprint density at radius 1 is 1.44 bits per heavy atom. The van der Waals surface area contributed by atoms with Gasteiger partial charge in [-0.25, -0.2) is 12.7 Å². The quantitative estimate of drug-likeness (QED) is 0.835. The van der Waals surface area contributed by atoms with Crippen molar-refractivity contribution in [2.75, 3.05) is 13.6 Å². The monoisotopic (exact) mass is 286 g/mol. The standard InChI is InChI=1S/C12H18N2O2S2/c1-9(2)8-14(3)18(15,16)11-6-4-5-10(7-11)12(13)17/h4-7,9H,8H2,1-3H3,(H2,13,17). The summed E-state index contributed by atoms with van der Waals surface area (Å²) in [5.74, 6) is 0.267. The maximum Gasteiger partial charge on any atom is 0.242 e. The van der Waals surface area contributed by atoms with Gasteiger partial charge in [-0.2, -0.15) is 0 Å². The average molecular weight is 286 g/mol. The normalized spacial score (nSPS) is 12.1. The van der Waals surface area contributed by atoms with E-state index in [0.29, 0.717) is 12.1 Å². The van der Waals surface area contributed by atoms with E-state index in [1.54, 1.807) is 25.2 Å². The summed E-state index contributed by atoms with van der Waals surface area (Å²) < 4.78 is 25.9.